The first kappa shape index (κ1) is 16.0. The summed E-state index contributed by atoms with van der Waals surface area (Å²) >= 11 is 5.96. The number of aromatic amines is 1. The number of benzene rings is 2. The average Bonchev–Trinajstić information content (AvgIpc) is 3.01. The summed E-state index contributed by atoms with van der Waals surface area (Å²) in [7, 11) is 0. The van der Waals surface area contributed by atoms with Gasteiger partial charge in [0, 0.05) is 16.0 Å². The van der Waals surface area contributed by atoms with E-state index in [1.165, 1.54) is 0 Å². The van der Waals surface area contributed by atoms with Crippen LogP contribution in [0.1, 0.15) is 28.4 Å². The van der Waals surface area contributed by atoms with Crippen LogP contribution in [0.15, 0.2) is 48.7 Å². The molecular weight excluding hydrogens is 330 g/mol. The second kappa shape index (κ2) is 6.72. The summed E-state index contributed by atoms with van der Waals surface area (Å²) in [4.78, 5) is 23.6. The van der Waals surface area contributed by atoms with Gasteiger partial charge in [-0.25, -0.2) is 0 Å². The Hall–Kier alpha value is -2.86. The molecule has 0 radical (unpaired) electrons. The van der Waals surface area contributed by atoms with Crippen molar-refractivity contribution in [2.24, 2.45) is 0 Å². The molecule has 0 aliphatic carbocycles. The highest BCUT2D eigenvalue weighted by molar-refractivity contribution is 6.30. The lowest BCUT2D eigenvalue weighted by atomic mass is 10.0. The zero-order chi connectivity index (χ0) is 17.1. The molecule has 2 aromatic carbocycles. The first-order valence-electron chi connectivity index (χ1n) is 7.24. The molecular formula is C17H14ClN3O3. The molecule has 0 saturated heterocycles. The summed E-state index contributed by atoms with van der Waals surface area (Å²) < 4.78 is 0. The summed E-state index contributed by atoms with van der Waals surface area (Å²) in [5.41, 5.74) is 1.90. The van der Waals surface area contributed by atoms with Gasteiger partial charge in [-0.3, -0.25) is 14.7 Å². The van der Waals surface area contributed by atoms with Crippen LogP contribution in [0.5, 0.6) is 0 Å². The van der Waals surface area contributed by atoms with Gasteiger partial charge in [0.15, 0.2) is 0 Å². The number of nitrogens with one attached hydrogen (secondary N) is 2. The minimum absolute atomic E-state index is 0.236. The van der Waals surface area contributed by atoms with Crippen molar-refractivity contribution in [3.63, 3.8) is 0 Å². The van der Waals surface area contributed by atoms with Crippen LogP contribution in [0.3, 0.4) is 0 Å². The number of aromatic nitrogens is 2. The van der Waals surface area contributed by atoms with Gasteiger partial charge < -0.3 is 10.4 Å². The number of carboxylic acids is 1. The molecule has 1 unspecified atom stereocenters. The molecule has 122 valence electrons. The molecule has 1 aromatic heterocycles. The molecule has 0 aliphatic heterocycles. The van der Waals surface area contributed by atoms with E-state index >= 15 is 0 Å². The quantitative estimate of drug-likeness (QED) is 0.663. The lowest BCUT2D eigenvalue weighted by molar-refractivity contribution is -0.137. The fourth-order valence-electron chi connectivity index (χ4n) is 2.48. The van der Waals surface area contributed by atoms with E-state index in [2.05, 4.69) is 15.5 Å². The normalized spacial score (nSPS) is 12.0. The number of amides is 1. The van der Waals surface area contributed by atoms with Crippen molar-refractivity contribution in [1.82, 2.24) is 15.5 Å². The molecule has 0 bridgehead atoms. The Bertz CT molecular complexity index is 907. The molecule has 0 saturated carbocycles. The van der Waals surface area contributed by atoms with E-state index in [9.17, 15) is 9.59 Å². The minimum Gasteiger partial charge on any atom is -0.481 e. The van der Waals surface area contributed by atoms with Gasteiger partial charge >= 0.3 is 5.97 Å². The zero-order valence-corrected chi connectivity index (χ0v) is 13.2. The van der Waals surface area contributed by atoms with E-state index in [1.54, 1.807) is 48.7 Å². The molecule has 1 atom stereocenters. The number of carbonyl (C=O) groups excluding carboxylic acids is 1. The highest BCUT2D eigenvalue weighted by atomic mass is 35.5. The van der Waals surface area contributed by atoms with E-state index < -0.39 is 12.0 Å². The van der Waals surface area contributed by atoms with Crippen LogP contribution in [0.4, 0.5) is 0 Å². The van der Waals surface area contributed by atoms with Gasteiger partial charge in [-0.1, -0.05) is 23.7 Å². The third kappa shape index (κ3) is 3.55. The number of nitrogens with zero attached hydrogens (tertiary/aromatic N) is 1. The molecule has 24 heavy (non-hydrogen) atoms. The van der Waals surface area contributed by atoms with Crippen molar-refractivity contribution in [1.29, 1.82) is 0 Å². The molecule has 0 spiro atoms. The Balaban J connectivity index is 1.85. The smallest absolute Gasteiger partial charge is 0.305 e. The van der Waals surface area contributed by atoms with Gasteiger partial charge in [0.2, 0.25) is 0 Å². The largest absolute Gasteiger partial charge is 0.481 e. The number of rotatable bonds is 5. The standard InChI is InChI=1S/C17H14ClN3O3/c18-13-3-1-2-10(7-13)15(8-16(22)23)20-17(24)11-4-5-14-12(6-11)9-19-21-14/h1-7,9,15H,8H2,(H,19,21)(H,20,24)(H,22,23). The van der Waals surface area contributed by atoms with Crippen LogP contribution in [0.2, 0.25) is 5.02 Å². The maximum absolute atomic E-state index is 12.5. The Kier molecular flexibility index (Phi) is 4.48. The topological polar surface area (TPSA) is 95.1 Å². The fourth-order valence-corrected chi connectivity index (χ4v) is 2.67. The lowest BCUT2D eigenvalue weighted by Gasteiger charge is -2.18. The summed E-state index contributed by atoms with van der Waals surface area (Å²) in [6, 6.07) is 11.2. The zero-order valence-electron chi connectivity index (χ0n) is 12.5. The Morgan fingerprint density at radius 3 is 2.83 bits per heavy atom. The van der Waals surface area contributed by atoms with Crippen molar-refractivity contribution >= 4 is 34.4 Å². The van der Waals surface area contributed by atoms with E-state index in [0.717, 1.165) is 10.9 Å². The van der Waals surface area contributed by atoms with E-state index in [-0.39, 0.29) is 12.3 Å². The monoisotopic (exact) mass is 343 g/mol. The second-order valence-corrected chi connectivity index (χ2v) is 5.79. The number of carbonyl (C=O) groups is 2. The van der Waals surface area contributed by atoms with Gasteiger partial charge in [0.05, 0.1) is 24.2 Å². The average molecular weight is 344 g/mol. The lowest BCUT2D eigenvalue weighted by Crippen LogP contribution is -2.30. The molecule has 7 heteroatoms. The van der Waals surface area contributed by atoms with Crippen LogP contribution in [-0.2, 0) is 4.79 Å². The molecule has 3 aromatic rings. The first-order valence-corrected chi connectivity index (χ1v) is 7.62. The fraction of sp³-hybridized carbons (Fsp3) is 0.118. The molecule has 0 aliphatic rings. The number of fused-ring (bicyclic) bond motifs is 1. The first-order chi connectivity index (χ1) is 11.5. The van der Waals surface area contributed by atoms with E-state index in [0.29, 0.717) is 16.1 Å². The van der Waals surface area contributed by atoms with Crippen LogP contribution < -0.4 is 5.32 Å². The third-order valence-electron chi connectivity index (χ3n) is 3.64. The van der Waals surface area contributed by atoms with E-state index in [4.69, 9.17) is 16.7 Å². The summed E-state index contributed by atoms with van der Waals surface area (Å²) in [5, 5.41) is 19.9. The van der Waals surface area contributed by atoms with Crippen molar-refractivity contribution in [3.05, 3.63) is 64.8 Å². The molecule has 1 heterocycles. The van der Waals surface area contributed by atoms with Crippen LogP contribution in [0, 0.1) is 0 Å². The summed E-state index contributed by atoms with van der Waals surface area (Å²) in [6.45, 7) is 0. The number of H-pyrrole nitrogens is 1. The number of hydrogen-bond acceptors (Lipinski definition) is 3. The molecule has 1 amide bonds. The van der Waals surface area contributed by atoms with Gasteiger partial charge in [-0.2, -0.15) is 5.10 Å². The SMILES string of the molecule is O=C(O)CC(NC(=O)c1ccc2[nH]ncc2c1)c1cccc(Cl)c1. The molecule has 6 nitrogen and oxygen atoms in total. The number of hydrogen-bond donors (Lipinski definition) is 3. The van der Waals surface area contributed by atoms with Gasteiger partial charge in [-0.15, -0.1) is 0 Å². The highest BCUT2D eigenvalue weighted by Gasteiger charge is 2.19. The Morgan fingerprint density at radius 1 is 1.25 bits per heavy atom. The van der Waals surface area contributed by atoms with Crippen molar-refractivity contribution < 1.29 is 14.7 Å². The number of aliphatic carboxylic acids is 1. The summed E-state index contributed by atoms with van der Waals surface area (Å²) in [6.07, 6.45) is 1.39. The van der Waals surface area contributed by atoms with Gasteiger partial charge in [0.1, 0.15) is 0 Å². The number of halogens is 1. The van der Waals surface area contributed by atoms with Crippen LogP contribution >= 0.6 is 11.6 Å². The van der Waals surface area contributed by atoms with Crippen molar-refractivity contribution in [2.75, 3.05) is 0 Å². The van der Waals surface area contributed by atoms with Gasteiger partial charge in [0.25, 0.3) is 5.91 Å². The highest BCUT2D eigenvalue weighted by Crippen LogP contribution is 2.22. The predicted octanol–water partition coefficient (Wildman–Crippen LogP) is 3.16. The maximum Gasteiger partial charge on any atom is 0.305 e. The predicted molar refractivity (Wildman–Crippen MR) is 90.0 cm³/mol. The van der Waals surface area contributed by atoms with E-state index in [1.807, 2.05) is 0 Å². The Morgan fingerprint density at radius 2 is 2.08 bits per heavy atom. The maximum atomic E-state index is 12.5. The molecule has 0 fully saturated rings. The van der Waals surface area contributed by atoms with Crippen LogP contribution in [0.25, 0.3) is 10.9 Å². The minimum atomic E-state index is -1.01. The van der Waals surface area contributed by atoms with Crippen LogP contribution in [-0.4, -0.2) is 27.2 Å². The number of carboxylic acid groups (broad SMARTS) is 1. The summed E-state index contributed by atoms with van der Waals surface area (Å²) in [5.74, 6) is -1.37. The molecule has 3 rings (SSSR count). The van der Waals surface area contributed by atoms with Crippen molar-refractivity contribution in [3.8, 4) is 0 Å². The molecule has 3 N–H and O–H groups in total. The van der Waals surface area contributed by atoms with Crippen molar-refractivity contribution in [2.45, 2.75) is 12.5 Å². The second-order valence-electron chi connectivity index (χ2n) is 5.35. The third-order valence-corrected chi connectivity index (χ3v) is 3.87. The van der Waals surface area contributed by atoms with Gasteiger partial charge in [-0.05, 0) is 35.9 Å². The Labute approximate surface area is 142 Å².